The van der Waals surface area contributed by atoms with E-state index in [4.69, 9.17) is 15.2 Å². The zero-order chi connectivity index (χ0) is 17.4. The highest BCUT2D eigenvalue weighted by atomic mass is 35.5. The highest BCUT2D eigenvalue weighted by molar-refractivity contribution is 6.01. The lowest BCUT2D eigenvalue weighted by atomic mass is 9.90. The molecule has 0 radical (unpaired) electrons. The van der Waals surface area contributed by atoms with E-state index < -0.39 is 0 Å². The van der Waals surface area contributed by atoms with Gasteiger partial charge in [0.25, 0.3) is 5.91 Å². The number of benzene rings is 1. The number of carbonyl (C=O) groups excluding carboxylic acids is 1. The number of carbonyl (C=O) groups is 1. The van der Waals surface area contributed by atoms with Gasteiger partial charge in [-0.05, 0) is 36.1 Å². The van der Waals surface area contributed by atoms with Gasteiger partial charge in [-0.1, -0.05) is 13.0 Å². The van der Waals surface area contributed by atoms with E-state index in [1.54, 1.807) is 6.20 Å². The maximum atomic E-state index is 13.0. The third-order valence-corrected chi connectivity index (χ3v) is 5.17. The maximum absolute atomic E-state index is 13.0. The van der Waals surface area contributed by atoms with Crippen LogP contribution >= 0.6 is 12.4 Å². The molecule has 2 aliphatic heterocycles. The molecule has 7 heteroatoms. The zero-order valence-electron chi connectivity index (χ0n) is 14.8. The van der Waals surface area contributed by atoms with Crippen molar-refractivity contribution in [1.29, 1.82) is 0 Å². The van der Waals surface area contributed by atoms with E-state index in [1.807, 2.05) is 29.3 Å². The minimum absolute atomic E-state index is 0. The Morgan fingerprint density at radius 2 is 2.04 bits per heavy atom. The summed E-state index contributed by atoms with van der Waals surface area (Å²) in [6.45, 7) is 5.29. The molecule has 1 fully saturated rings. The number of aromatic nitrogens is 1. The number of rotatable bonds is 3. The van der Waals surface area contributed by atoms with Crippen LogP contribution in [0.4, 0.5) is 0 Å². The number of halogens is 1. The normalized spacial score (nSPS) is 21.4. The van der Waals surface area contributed by atoms with Gasteiger partial charge in [0.1, 0.15) is 13.2 Å². The molecule has 1 amide bonds. The number of H-pyrrole nitrogens is 1. The van der Waals surface area contributed by atoms with Crippen LogP contribution in [0, 0.1) is 5.41 Å². The summed E-state index contributed by atoms with van der Waals surface area (Å²) in [5.74, 6) is 1.51. The number of ether oxygens (including phenoxy) is 2. The number of aromatic amines is 1. The molecule has 1 aromatic heterocycles. The standard InChI is InChI=1S/C19H23N3O3.ClH/c1-19(11-20)4-5-22(12-19)18(23)15-10-21-9-14(15)13-2-3-16-17(8-13)25-7-6-24-16;/h2-3,8-10,21H,4-7,11-12,20H2,1H3;1H. The Morgan fingerprint density at radius 3 is 2.77 bits per heavy atom. The fraction of sp³-hybridized carbons (Fsp3) is 0.421. The quantitative estimate of drug-likeness (QED) is 0.861. The van der Waals surface area contributed by atoms with E-state index in [9.17, 15) is 4.79 Å². The first kappa shape index (κ1) is 18.6. The molecule has 2 aliphatic rings. The summed E-state index contributed by atoms with van der Waals surface area (Å²) in [5.41, 5.74) is 8.38. The average Bonchev–Trinajstić information content (AvgIpc) is 3.28. The largest absolute Gasteiger partial charge is 0.486 e. The summed E-state index contributed by atoms with van der Waals surface area (Å²) in [6.07, 6.45) is 4.57. The summed E-state index contributed by atoms with van der Waals surface area (Å²) in [4.78, 5) is 18.0. The molecule has 0 spiro atoms. The van der Waals surface area contributed by atoms with Gasteiger partial charge < -0.3 is 25.1 Å². The predicted octanol–water partition coefficient (Wildman–Crippen LogP) is 2.69. The topological polar surface area (TPSA) is 80.6 Å². The molecule has 4 rings (SSSR count). The number of hydrogen-bond acceptors (Lipinski definition) is 4. The van der Waals surface area contributed by atoms with Crippen molar-refractivity contribution < 1.29 is 14.3 Å². The van der Waals surface area contributed by atoms with E-state index in [-0.39, 0.29) is 23.7 Å². The number of nitrogens with zero attached hydrogens (tertiary/aromatic N) is 1. The Hall–Kier alpha value is -2.18. The van der Waals surface area contributed by atoms with Gasteiger partial charge in [-0.3, -0.25) is 4.79 Å². The zero-order valence-corrected chi connectivity index (χ0v) is 15.6. The monoisotopic (exact) mass is 377 g/mol. The van der Waals surface area contributed by atoms with Crippen molar-refractivity contribution in [2.75, 3.05) is 32.8 Å². The van der Waals surface area contributed by atoms with Crippen LogP contribution in [0.2, 0.25) is 0 Å². The Morgan fingerprint density at radius 1 is 1.27 bits per heavy atom. The molecule has 140 valence electrons. The van der Waals surface area contributed by atoms with Crippen LogP contribution < -0.4 is 15.2 Å². The number of likely N-dealkylation sites (tertiary alicyclic amines) is 1. The molecule has 1 atom stereocenters. The van der Waals surface area contributed by atoms with Crippen LogP contribution in [0.25, 0.3) is 11.1 Å². The van der Waals surface area contributed by atoms with Gasteiger partial charge in [0.2, 0.25) is 0 Å². The summed E-state index contributed by atoms with van der Waals surface area (Å²) in [7, 11) is 0. The van der Waals surface area contributed by atoms with Crippen LogP contribution in [0.1, 0.15) is 23.7 Å². The second kappa shape index (κ2) is 7.21. The molecule has 1 aromatic carbocycles. The third-order valence-electron chi connectivity index (χ3n) is 5.17. The fourth-order valence-electron chi connectivity index (χ4n) is 3.52. The molecule has 0 bridgehead atoms. The number of nitrogens with one attached hydrogen (secondary N) is 1. The van der Waals surface area contributed by atoms with E-state index in [0.29, 0.717) is 31.9 Å². The minimum atomic E-state index is 0. The van der Waals surface area contributed by atoms with E-state index in [2.05, 4.69) is 11.9 Å². The molecule has 26 heavy (non-hydrogen) atoms. The molecule has 1 unspecified atom stereocenters. The van der Waals surface area contributed by atoms with Crippen molar-refractivity contribution in [2.45, 2.75) is 13.3 Å². The molecule has 1 saturated heterocycles. The van der Waals surface area contributed by atoms with Crippen LogP contribution in [0.5, 0.6) is 11.5 Å². The number of fused-ring (bicyclic) bond motifs is 1. The summed E-state index contributed by atoms with van der Waals surface area (Å²) < 4.78 is 11.2. The molecule has 0 aliphatic carbocycles. The lowest BCUT2D eigenvalue weighted by molar-refractivity contribution is 0.0778. The summed E-state index contributed by atoms with van der Waals surface area (Å²) >= 11 is 0. The van der Waals surface area contributed by atoms with Gasteiger partial charge in [0, 0.05) is 31.0 Å². The molecular weight excluding hydrogens is 354 g/mol. The van der Waals surface area contributed by atoms with Crippen LogP contribution in [-0.2, 0) is 0 Å². The van der Waals surface area contributed by atoms with E-state index >= 15 is 0 Å². The van der Waals surface area contributed by atoms with Gasteiger partial charge in [0.05, 0.1) is 5.56 Å². The first-order valence-electron chi connectivity index (χ1n) is 8.66. The minimum Gasteiger partial charge on any atom is -0.486 e. The van der Waals surface area contributed by atoms with Crippen molar-refractivity contribution >= 4 is 18.3 Å². The maximum Gasteiger partial charge on any atom is 0.256 e. The summed E-state index contributed by atoms with van der Waals surface area (Å²) in [6, 6.07) is 5.79. The highest BCUT2D eigenvalue weighted by Crippen LogP contribution is 2.36. The molecule has 2 aromatic rings. The predicted molar refractivity (Wildman–Crippen MR) is 102 cm³/mol. The summed E-state index contributed by atoms with van der Waals surface area (Å²) in [5, 5.41) is 0. The molecule has 0 saturated carbocycles. The van der Waals surface area contributed by atoms with Gasteiger partial charge in [0.15, 0.2) is 11.5 Å². The second-order valence-electron chi connectivity index (χ2n) is 7.13. The van der Waals surface area contributed by atoms with E-state index in [0.717, 1.165) is 35.6 Å². The van der Waals surface area contributed by atoms with Crippen molar-refractivity contribution in [1.82, 2.24) is 9.88 Å². The smallest absolute Gasteiger partial charge is 0.256 e. The van der Waals surface area contributed by atoms with Crippen LogP contribution in [0.3, 0.4) is 0 Å². The van der Waals surface area contributed by atoms with Crippen molar-refractivity contribution in [3.8, 4) is 22.6 Å². The molecule has 6 nitrogen and oxygen atoms in total. The highest BCUT2D eigenvalue weighted by Gasteiger charge is 2.36. The van der Waals surface area contributed by atoms with E-state index in [1.165, 1.54) is 0 Å². The lowest BCUT2D eigenvalue weighted by Gasteiger charge is -2.23. The first-order valence-corrected chi connectivity index (χ1v) is 8.66. The van der Waals surface area contributed by atoms with Gasteiger partial charge in [-0.25, -0.2) is 0 Å². The average molecular weight is 378 g/mol. The fourth-order valence-corrected chi connectivity index (χ4v) is 3.52. The molecule has 3 heterocycles. The number of amides is 1. The Labute approximate surface area is 159 Å². The lowest BCUT2D eigenvalue weighted by Crippen LogP contribution is -2.34. The van der Waals surface area contributed by atoms with Crippen LogP contribution in [0.15, 0.2) is 30.6 Å². The Balaban J connectivity index is 0.00000196. The van der Waals surface area contributed by atoms with Crippen molar-refractivity contribution in [3.63, 3.8) is 0 Å². The number of hydrogen-bond donors (Lipinski definition) is 2. The van der Waals surface area contributed by atoms with Gasteiger partial charge >= 0.3 is 0 Å². The van der Waals surface area contributed by atoms with Crippen molar-refractivity contribution in [3.05, 3.63) is 36.2 Å². The first-order chi connectivity index (χ1) is 12.1. The van der Waals surface area contributed by atoms with Crippen molar-refractivity contribution in [2.24, 2.45) is 11.1 Å². The molecule has 3 N–H and O–H groups in total. The Bertz CT molecular complexity index is 807. The van der Waals surface area contributed by atoms with Gasteiger partial charge in [-0.2, -0.15) is 0 Å². The van der Waals surface area contributed by atoms with Crippen LogP contribution in [-0.4, -0.2) is 48.6 Å². The third kappa shape index (κ3) is 3.27. The Kier molecular flexibility index (Phi) is 5.16. The SMILES string of the molecule is CC1(CN)CCN(C(=O)c2c[nH]cc2-c2ccc3c(c2)OCCO3)C1.Cl. The second-order valence-corrected chi connectivity index (χ2v) is 7.13. The molecular formula is C19H24ClN3O3. The number of nitrogens with two attached hydrogens (primary N) is 1. The van der Waals surface area contributed by atoms with Gasteiger partial charge in [-0.15, -0.1) is 12.4 Å².